The zero-order valence-corrected chi connectivity index (χ0v) is 18.0. The summed E-state index contributed by atoms with van der Waals surface area (Å²) in [4.78, 5) is 66.4. The Morgan fingerprint density at radius 2 is 1.66 bits per heavy atom. The molecular formula is C17H27N7O7S. The van der Waals surface area contributed by atoms with E-state index in [1.165, 1.54) is 19.4 Å². The highest BCUT2D eigenvalue weighted by molar-refractivity contribution is 7.80. The number of carboxylic acids is 1. The summed E-state index contributed by atoms with van der Waals surface area (Å²) in [5.41, 5.74) is 11.0. The molecule has 0 saturated carbocycles. The van der Waals surface area contributed by atoms with Gasteiger partial charge in [-0.15, -0.1) is 0 Å². The van der Waals surface area contributed by atoms with E-state index >= 15 is 0 Å². The van der Waals surface area contributed by atoms with Crippen LogP contribution in [0.4, 0.5) is 0 Å². The summed E-state index contributed by atoms with van der Waals surface area (Å²) in [5.74, 6) is -5.13. The third-order valence-corrected chi connectivity index (χ3v) is 4.63. The van der Waals surface area contributed by atoms with Crippen molar-refractivity contribution in [2.75, 3.05) is 5.75 Å². The van der Waals surface area contributed by atoms with Crippen LogP contribution in [0.25, 0.3) is 0 Å². The maximum Gasteiger partial charge on any atom is 0.326 e. The molecule has 1 aromatic rings. The maximum atomic E-state index is 12.7. The lowest BCUT2D eigenvalue weighted by Gasteiger charge is -2.24. The van der Waals surface area contributed by atoms with Crippen molar-refractivity contribution in [3.63, 3.8) is 0 Å². The van der Waals surface area contributed by atoms with Crippen LogP contribution in [0, 0.1) is 0 Å². The standard InChI is InChI=1S/C17H27N7O7S/c1-7(25)13(19)16(29)24-11(5-32)15(28)22-9(2-8-4-20-6-21-8)14(27)23-10(17(30)31)3-12(18)26/h4,6-7,9-11,13,25,32H,2-3,5,19H2,1H3,(H2,18,26)(H,20,21)(H,22,28)(H,23,27)(H,24,29)(H,30,31). The lowest BCUT2D eigenvalue weighted by molar-refractivity contribution is -0.143. The number of imidazole rings is 1. The van der Waals surface area contributed by atoms with Gasteiger partial charge in [0.1, 0.15) is 24.2 Å². The van der Waals surface area contributed by atoms with Gasteiger partial charge in [0.2, 0.25) is 23.6 Å². The van der Waals surface area contributed by atoms with Crippen molar-refractivity contribution in [2.45, 2.75) is 50.0 Å². The van der Waals surface area contributed by atoms with Gasteiger partial charge in [-0.25, -0.2) is 9.78 Å². The Bertz CT molecular complexity index is 818. The second-order valence-corrected chi connectivity index (χ2v) is 7.29. The van der Waals surface area contributed by atoms with Gasteiger partial charge in [0.15, 0.2) is 0 Å². The monoisotopic (exact) mass is 473 g/mol. The van der Waals surface area contributed by atoms with Crippen LogP contribution in [-0.2, 0) is 30.4 Å². The van der Waals surface area contributed by atoms with E-state index in [1.807, 2.05) is 0 Å². The fourth-order valence-corrected chi connectivity index (χ4v) is 2.71. The Morgan fingerprint density at radius 3 is 2.12 bits per heavy atom. The fourth-order valence-electron chi connectivity index (χ4n) is 2.45. The highest BCUT2D eigenvalue weighted by Gasteiger charge is 2.31. The van der Waals surface area contributed by atoms with Gasteiger partial charge < -0.3 is 42.6 Å². The number of H-pyrrole nitrogens is 1. The number of aliphatic hydroxyl groups is 1. The van der Waals surface area contributed by atoms with Gasteiger partial charge in [-0.1, -0.05) is 0 Å². The Morgan fingerprint density at radius 1 is 1.09 bits per heavy atom. The largest absolute Gasteiger partial charge is 0.480 e. The van der Waals surface area contributed by atoms with Gasteiger partial charge in [-0.3, -0.25) is 19.2 Å². The molecule has 0 aliphatic heterocycles. The first-order chi connectivity index (χ1) is 15.0. The zero-order chi connectivity index (χ0) is 24.4. The third kappa shape index (κ3) is 8.52. The molecule has 0 radical (unpaired) electrons. The van der Waals surface area contributed by atoms with Crippen LogP contribution < -0.4 is 27.4 Å². The summed E-state index contributed by atoms with van der Waals surface area (Å²) >= 11 is 4.01. The minimum Gasteiger partial charge on any atom is -0.480 e. The average molecular weight is 474 g/mol. The Kier molecular flexibility index (Phi) is 10.6. The molecule has 0 fully saturated rings. The number of hydrogen-bond acceptors (Lipinski definition) is 9. The topological polar surface area (TPSA) is 243 Å². The van der Waals surface area contributed by atoms with Gasteiger partial charge in [-0.2, -0.15) is 12.6 Å². The summed E-state index contributed by atoms with van der Waals surface area (Å²) in [6, 6.07) is -5.42. The number of aromatic amines is 1. The highest BCUT2D eigenvalue weighted by atomic mass is 32.1. The van der Waals surface area contributed by atoms with Crippen molar-refractivity contribution in [1.82, 2.24) is 25.9 Å². The number of nitrogens with two attached hydrogens (primary N) is 2. The van der Waals surface area contributed by atoms with Gasteiger partial charge in [0.05, 0.1) is 18.9 Å². The number of aromatic nitrogens is 2. The predicted molar refractivity (Wildman–Crippen MR) is 113 cm³/mol. The third-order valence-electron chi connectivity index (χ3n) is 4.27. The van der Waals surface area contributed by atoms with E-state index in [9.17, 15) is 34.2 Å². The Balaban J connectivity index is 2.98. The molecule has 32 heavy (non-hydrogen) atoms. The molecule has 5 atom stereocenters. The molecule has 5 unspecified atom stereocenters. The van der Waals surface area contributed by atoms with E-state index in [0.29, 0.717) is 5.69 Å². The van der Waals surface area contributed by atoms with Crippen molar-refractivity contribution >= 4 is 42.2 Å². The SMILES string of the molecule is CC(O)C(N)C(=O)NC(CS)C(=O)NC(Cc1cnc[nH]1)C(=O)NC(CC(N)=O)C(=O)O. The van der Waals surface area contributed by atoms with Crippen LogP contribution in [-0.4, -0.2) is 85.8 Å². The number of amides is 4. The van der Waals surface area contributed by atoms with Gasteiger partial charge in [0, 0.05) is 24.1 Å². The fraction of sp³-hybridized carbons (Fsp3) is 0.529. The van der Waals surface area contributed by atoms with Gasteiger partial charge in [0.25, 0.3) is 0 Å². The number of carbonyl (C=O) groups excluding carboxylic acids is 4. The molecule has 1 aromatic heterocycles. The molecule has 1 heterocycles. The van der Waals surface area contributed by atoms with Crippen molar-refractivity contribution in [1.29, 1.82) is 0 Å². The average Bonchev–Trinajstić information content (AvgIpc) is 3.22. The van der Waals surface area contributed by atoms with Crippen LogP contribution >= 0.6 is 12.6 Å². The molecule has 0 saturated heterocycles. The molecule has 15 heteroatoms. The van der Waals surface area contributed by atoms with Crippen LogP contribution in [0.2, 0.25) is 0 Å². The van der Waals surface area contributed by atoms with Crippen LogP contribution in [0.15, 0.2) is 12.5 Å². The lowest BCUT2D eigenvalue weighted by Crippen LogP contribution is -2.59. The summed E-state index contributed by atoms with van der Waals surface area (Å²) in [7, 11) is 0. The summed E-state index contributed by atoms with van der Waals surface area (Å²) in [5, 5.41) is 25.5. The number of nitrogens with one attached hydrogen (secondary N) is 4. The quantitative estimate of drug-likeness (QED) is 0.127. The maximum absolute atomic E-state index is 12.7. The number of nitrogens with zero attached hydrogens (tertiary/aromatic N) is 1. The number of rotatable bonds is 13. The number of aliphatic carboxylic acids is 1. The number of primary amides is 1. The minimum atomic E-state index is -1.61. The first-order valence-electron chi connectivity index (χ1n) is 9.40. The molecular weight excluding hydrogens is 446 g/mol. The number of carboxylic acid groups (broad SMARTS) is 1. The zero-order valence-electron chi connectivity index (χ0n) is 17.1. The van der Waals surface area contributed by atoms with E-state index in [0.717, 1.165) is 0 Å². The van der Waals surface area contributed by atoms with Crippen LogP contribution in [0.1, 0.15) is 19.0 Å². The number of carbonyl (C=O) groups is 5. The van der Waals surface area contributed by atoms with E-state index < -0.39 is 66.3 Å². The lowest BCUT2D eigenvalue weighted by atomic mass is 10.1. The molecule has 0 bridgehead atoms. The number of thiol groups is 1. The molecule has 1 rings (SSSR count). The molecule has 4 amide bonds. The van der Waals surface area contributed by atoms with Crippen molar-refractivity contribution in [2.24, 2.45) is 11.5 Å². The van der Waals surface area contributed by atoms with Crippen molar-refractivity contribution < 1.29 is 34.2 Å². The molecule has 0 spiro atoms. The minimum absolute atomic E-state index is 0.110. The highest BCUT2D eigenvalue weighted by Crippen LogP contribution is 2.03. The smallest absolute Gasteiger partial charge is 0.326 e. The summed E-state index contributed by atoms with van der Waals surface area (Å²) < 4.78 is 0. The Hall–Kier alpha value is -3.17. The van der Waals surface area contributed by atoms with E-state index in [4.69, 9.17) is 11.5 Å². The van der Waals surface area contributed by atoms with Crippen LogP contribution in [0.3, 0.4) is 0 Å². The number of hydrogen-bond donors (Lipinski definition) is 9. The van der Waals surface area contributed by atoms with Gasteiger partial charge >= 0.3 is 5.97 Å². The second-order valence-electron chi connectivity index (χ2n) is 6.92. The first-order valence-corrected chi connectivity index (χ1v) is 10.0. The van der Waals surface area contributed by atoms with E-state index in [-0.39, 0.29) is 12.2 Å². The first kappa shape index (κ1) is 26.9. The molecule has 0 aliphatic carbocycles. The van der Waals surface area contributed by atoms with Crippen molar-refractivity contribution in [3.05, 3.63) is 18.2 Å². The van der Waals surface area contributed by atoms with E-state index in [2.05, 4.69) is 38.5 Å². The number of aliphatic hydroxyl groups excluding tert-OH is 1. The van der Waals surface area contributed by atoms with Gasteiger partial charge in [-0.05, 0) is 6.92 Å². The van der Waals surface area contributed by atoms with Crippen LogP contribution in [0.5, 0.6) is 0 Å². The molecule has 0 aliphatic rings. The Labute approximate surface area is 188 Å². The summed E-state index contributed by atoms with van der Waals surface area (Å²) in [6.07, 6.45) is 0.798. The molecule has 10 N–H and O–H groups in total. The molecule has 0 aromatic carbocycles. The normalized spacial score (nSPS) is 15.5. The molecule has 14 nitrogen and oxygen atoms in total. The second kappa shape index (κ2) is 12.6. The van der Waals surface area contributed by atoms with Crippen molar-refractivity contribution in [3.8, 4) is 0 Å². The molecule has 178 valence electrons. The predicted octanol–water partition coefficient (Wildman–Crippen LogP) is -4.00. The summed E-state index contributed by atoms with van der Waals surface area (Å²) in [6.45, 7) is 1.30. The van der Waals surface area contributed by atoms with E-state index in [1.54, 1.807) is 0 Å².